The molecule has 0 heterocycles. The van der Waals surface area contributed by atoms with Gasteiger partial charge in [-0.1, -0.05) is 55.3 Å². The molecule has 1 unspecified atom stereocenters. The Kier molecular flexibility index (Phi) is 10.1. The molecule has 7 nitrogen and oxygen atoms in total. The quantitative estimate of drug-likeness (QED) is 0.256. The van der Waals surface area contributed by atoms with E-state index in [1.807, 2.05) is 58.0 Å². The Bertz CT molecular complexity index is 1240. The molecule has 0 fully saturated rings. The third kappa shape index (κ3) is 8.36. The molecule has 37 heavy (non-hydrogen) atoms. The lowest BCUT2D eigenvalue weighted by Gasteiger charge is -2.20. The maximum atomic E-state index is 12.8. The van der Waals surface area contributed by atoms with Crippen molar-refractivity contribution < 1.29 is 19.1 Å². The topological polar surface area (TPSA) is 89.0 Å². The number of carbonyl (C=O) groups excluding carboxylic acids is 2. The van der Waals surface area contributed by atoms with Crippen molar-refractivity contribution in [2.75, 3.05) is 6.61 Å². The third-order valence-electron chi connectivity index (χ3n) is 5.47. The Balaban J connectivity index is 1.63. The molecule has 0 saturated heterocycles. The first-order chi connectivity index (χ1) is 17.8. The van der Waals surface area contributed by atoms with Gasteiger partial charge in [-0.3, -0.25) is 9.59 Å². The van der Waals surface area contributed by atoms with Gasteiger partial charge < -0.3 is 14.8 Å². The summed E-state index contributed by atoms with van der Waals surface area (Å²) >= 11 is 5.89. The molecular formula is C29H32ClN3O4. The Morgan fingerprint density at radius 1 is 1.00 bits per heavy atom. The van der Waals surface area contributed by atoms with Crippen LogP contribution in [0.5, 0.6) is 11.5 Å². The molecule has 0 spiro atoms. The van der Waals surface area contributed by atoms with Crippen LogP contribution >= 0.6 is 11.6 Å². The van der Waals surface area contributed by atoms with Gasteiger partial charge in [0.25, 0.3) is 11.8 Å². The molecule has 3 aromatic rings. The third-order valence-corrected chi connectivity index (χ3v) is 5.73. The number of nitrogens with zero attached hydrogens (tertiary/aromatic N) is 1. The van der Waals surface area contributed by atoms with Crippen LogP contribution in [0.25, 0.3) is 0 Å². The highest BCUT2D eigenvalue weighted by atomic mass is 35.5. The molecule has 3 rings (SSSR count). The molecule has 8 heteroatoms. The van der Waals surface area contributed by atoms with Gasteiger partial charge in [0, 0.05) is 10.6 Å². The monoisotopic (exact) mass is 521 g/mol. The van der Waals surface area contributed by atoms with Crippen molar-refractivity contribution in [1.82, 2.24) is 10.7 Å². The van der Waals surface area contributed by atoms with Crippen LogP contribution in [0.2, 0.25) is 5.02 Å². The van der Waals surface area contributed by atoms with E-state index >= 15 is 0 Å². The highest BCUT2D eigenvalue weighted by molar-refractivity contribution is 6.30. The van der Waals surface area contributed by atoms with Crippen molar-refractivity contribution in [1.29, 1.82) is 0 Å². The first-order valence-electron chi connectivity index (χ1n) is 12.1. The predicted molar refractivity (Wildman–Crippen MR) is 146 cm³/mol. The van der Waals surface area contributed by atoms with E-state index < -0.39 is 11.9 Å². The number of aryl methyl sites for hydroxylation is 1. The van der Waals surface area contributed by atoms with E-state index in [-0.39, 0.29) is 11.8 Å². The summed E-state index contributed by atoms with van der Waals surface area (Å²) in [5.41, 5.74) is 5.89. The van der Waals surface area contributed by atoms with Crippen LogP contribution in [0.1, 0.15) is 47.8 Å². The summed E-state index contributed by atoms with van der Waals surface area (Å²) < 4.78 is 11.7. The van der Waals surface area contributed by atoms with Gasteiger partial charge in [0.2, 0.25) is 0 Å². The minimum Gasteiger partial charge on any atom is -0.490 e. The lowest BCUT2D eigenvalue weighted by Crippen LogP contribution is -2.48. The molecule has 1 atom stereocenters. The Labute approximate surface area is 222 Å². The van der Waals surface area contributed by atoms with Gasteiger partial charge in [0.1, 0.15) is 12.6 Å². The number of hydrazone groups is 1. The van der Waals surface area contributed by atoms with E-state index in [0.29, 0.717) is 35.3 Å². The molecule has 194 valence electrons. The van der Waals surface area contributed by atoms with Gasteiger partial charge in [-0.25, -0.2) is 5.43 Å². The van der Waals surface area contributed by atoms with E-state index in [0.717, 1.165) is 11.1 Å². The minimum atomic E-state index is -0.767. The number of hydrogen-bond acceptors (Lipinski definition) is 5. The van der Waals surface area contributed by atoms with Crippen LogP contribution in [-0.4, -0.2) is 30.7 Å². The largest absolute Gasteiger partial charge is 0.490 e. The second-order valence-electron chi connectivity index (χ2n) is 8.85. The lowest BCUT2D eigenvalue weighted by atomic mass is 10.0. The number of hydrogen-bond donors (Lipinski definition) is 2. The van der Waals surface area contributed by atoms with E-state index in [1.165, 1.54) is 11.8 Å². The summed E-state index contributed by atoms with van der Waals surface area (Å²) in [4.78, 5) is 25.3. The molecule has 0 aliphatic carbocycles. The van der Waals surface area contributed by atoms with Crippen molar-refractivity contribution >= 4 is 29.6 Å². The number of benzene rings is 3. The molecule has 0 saturated carbocycles. The van der Waals surface area contributed by atoms with Crippen LogP contribution in [-0.2, 0) is 11.4 Å². The summed E-state index contributed by atoms with van der Waals surface area (Å²) in [7, 11) is 0. The molecular weight excluding hydrogens is 490 g/mol. The van der Waals surface area contributed by atoms with E-state index in [4.69, 9.17) is 21.1 Å². The van der Waals surface area contributed by atoms with Crippen molar-refractivity contribution in [3.8, 4) is 11.5 Å². The molecule has 0 bridgehead atoms. The molecule has 3 aromatic carbocycles. The second-order valence-corrected chi connectivity index (χ2v) is 9.29. The van der Waals surface area contributed by atoms with Crippen LogP contribution in [0.15, 0.2) is 71.8 Å². The number of carbonyl (C=O) groups is 2. The fourth-order valence-electron chi connectivity index (χ4n) is 3.56. The molecule has 0 aliphatic rings. The van der Waals surface area contributed by atoms with Crippen LogP contribution in [0, 0.1) is 12.8 Å². The van der Waals surface area contributed by atoms with E-state index in [1.54, 1.807) is 30.3 Å². The van der Waals surface area contributed by atoms with Crippen LogP contribution < -0.4 is 20.2 Å². The maximum Gasteiger partial charge on any atom is 0.262 e. The first-order valence-corrected chi connectivity index (χ1v) is 12.5. The summed E-state index contributed by atoms with van der Waals surface area (Å²) in [6, 6.07) is 19.3. The second kappa shape index (κ2) is 13.5. The molecule has 2 N–H and O–H groups in total. The van der Waals surface area contributed by atoms with Crippen molar-refractivity contribution in [3.63, 3.8) is 0 Å². The fourth-order valence-corrected chi connectivity index (χ4v) is 3.68. The average Bonchev–Trinajstić information content (AvgIpc) is 2.87. The number of nitrogens with one attached hydrogen (secondary N) is 2. The summed E-state index contributed by atoms with van der Waals surface area (Å²) in [5, 5.41) is 7.37. The zero-order chi connectivity index (χ0) is 26.8. The van der Waals surface area contributed by atoms with Gasteiger partial charge in [0.15, 0.2) is 11.5 Å². The number of amides is 2. The first kappa shape index (κ1) is 27.7. The normalized spacial score (nSPS) is 11.8. The Morgan fingerprint density at radius 3 is 2.43 bits per heavy atom. The Hall–Kier alpha value is -3.84. The van der Waals surface area contributed by atoms with Gasteiger partial charge in [-0.05, 0) is 73.4 Å². The van der Waals surface area contributed by atoms with Crippen molar-refractivity contribution in [3.05, 3.63) is 94.0 Å². The van der Waals surface area contributed by atoms with Gasteiger partial charge in [0.05, 0.1) is 12.8 Å². The van der Waals surface area contributed by atoms with Crippen molar-refractivity contribution in [2.45, 2.75) is 40.3 Å². The number of ether oxygens (including phenoxy) is 2. The molecule has 0 aliphatic heterocycles. The van der Waals surface area contributed by atoms with E-state index in [2.05, 4.69) is 21.9 Å². The van der Waals surface area contributed by atoms with Gasteiger partial charge in [-0.2, -0.15) is 5.10 Å². The summed E-state index contributed by atoms with van der Waals surface area (Å²) in [6.45, 7) is 8.53. The van der Waals surface area contributed by atoms with Gasteiger partial charge >= 0.3 is 0 Å². The highest BCUT2D eigenvalue weighted by Gasteiger charge is 2.24. The smallest absolute Gasteiger partial charge is 0.262 e. The lowest BCUT2D eigenvalue weighted by molar-refractivity contribution is -0.123. The molecule has 2 amide bonds. The fraction of sp³-hybridized carbons (Fsp3) is 0.276. The van der Waals surface area contributed by atoms with E-state index in [9.17, 15) is 9.59 Å². The average molecular weight is 522 g/mol. The summed E-state index contributed by atoms with van der Waals surface area (Å²) in [6.07, 6.45) is 1.52. The zero-order valence-corrected chi connectivity index (χ0v) is 22.2. The standard InChI is InChI=1S/C29H32ClN3O4/c1-5-36-26-16-21(9-14-25(26)37-18-22-8-6-7-20(4)15-22)17-31-33-29(35)27(19(2)3)32-28(34)23-10-12-24(30)13-11-23/h6-17,19,27H,5,18H2,1-4H3,(H,32,34)(H,33,35). The van der Waals surface area contributed by atoms with Gasteiger partial charge in [-0.15, -0.1) is 0 Å². The highest BCUT2D eigenvalue weighted by Crippen LogP contribution is 2.29. The summed E-state index contributed by atoms with van der Waals surface area (Å²) in [5.74, 6) is 0.268. The SMILES string of the molecule is CCOc1cc(C=NNC(=O)C(NC(=O)c2ccc(Cl)cc2)C(C)C)ccc1OCc1cccc(C)c1. The zero-order valence-electron chi connectivity index (χ0n) is 21.5. The number of rotatable bonds is 11. The molecule has 0 aromatic heterocycles. The minimum absolute atomic E-state index is 0.152. The Morgan fingerprint density at radius 2 is 1.76 bits per heavy atom. The van der Waals surface area contributed by atoms with Crippen molar-refractivity contribution in [2.24, 2.45) is 11.0 Å². The predicted octanol–water partition coefficient (Wildman–Crippen LogP) is 5.53. The number of halogens is 1. The molecule has 0 radical (unpaired) electrons. The van der Waals surface area contributed by atoms with Crippen LogP contribution in [0.4, 0.5) is 0 Å². The van der Waals surface area contributed by atoms with Crippen LogP contribution in [0.3, 0.4) is 0 Å². The maximum absolute atomic E-state index is 12.8.